The molecule has 1 aliphatic rings. The third-order valence-electron chi connectivity index (χ3n) is 3.71. The molecule has 7 heteroatoms. The van der Waals surface area contributed by atoms with Crippen LogP contribution in [0.4, 0.5) is 0 Å². The molecule has 0 aromatic carbocycles. The van der Waals surface area contributed by atoms with E-state index in [0.717, 1.165) is 26.1 Å². The number of hydrogen-bond acceptors (Lipinski definition) is 4. The Balaban J connectivity index is 2.00. The van der Waals surface area contributed by atoms with E-state index in [2.05, 4.69) is 23.7 Å². The van der Waals surface area contributed by atoms with Gasteiger partial charge >= 0.3 is 0 Å². The molecule has 0 N–H and O–H groups in total. The highest BCUT2D eigenvalue weighted by atomic mass is 35.5. The number of nitrogens with zero attached hydrogens (tertiary/aromatic N) is 3. The summed E-state index contributed by atoms with van der Waals surface area (Å²) in [6.07, 6.45) is 3.95. The van der Waals surface area contributed by atoms with Crippen LogP contribution in [-0.4, -0.2) is 55.3 Å². The van der Waals surface area contributed by atoms with E-state index in [0.29, 0.717) is 19.0 Å². The smallest absolute Gasteiger partial charge is 0.246 e. The maximum Gasteiger partial charge on any atom is 0.246 e. The van der Waals surface area contributed by atoms with Crippen molar-refractivity contribution in [2.75, 3.05) is 32.7 Å². The number of aromatic nitrogens is 1. The first-order valence-corrected chi connectivity index (χ1v) is 9.05. The van der Waals surface area contributed by atoms with Gasteiger partial charge in [-0.1, -0.05) is 25.4 Å². The van der Waals surface area contributed by atoms with Gasteiger partial charge in [-0.15, -0.1) is 0 Å². The summed E-state index contributed by atoms with van der Waals surface area (Å²) in [5.41, 5.74) is 0. The third kappa shape index (κ3) is 4.16. The molecule has 0 spiro atoms. The standard InChI is InChI=1S/C14H22ClN3O2S/c1-12(2)4-6-17-7-9-18(10-8-17)21(19,20)14-11-16-5-3-13(14)15/h3,5,11-12H,4,6-10H2,1-2H3. The van der Waals surface area contributed by atoms with Crippen LogP contribution in [-0.2, 0) is 10.0 Å². The summed E-state index contributed by atoms with van der Waals surface area (Å²) in [6.45, 7) is 7.97. The van der Waals surface area contributed by atoms with E-state index in [1.54, 1.807) is 0 Å². The molecule has 1 saturated heterocycles. The molecule has 21 heavy (non-hydrogen) atoms. The second kappa shape index (κ2) is 7.05. The fourth-order valence-corrected chi connectivity index (χ4v) is 4.15. The average Bonchev–Trinajstić information content (AvgIpc) is 2.46. The lowest BCUT2D eigenvalue weighted by atomic mass is 10.1. The van der Waals surface area contributed by atoms with E-state index in [1.165, 1.54) is 22.8 Å². The number of halogens is 1. The fraction of sp³-hybridized carbons (Fsp3) is 0.643. The summed E-state index contributed by atoms with van der Waals surface area (Å²) in [5, 5.41) is 0.229. The minimum Gasteiger partial charge on any atom is -0.301 e. The molecule has 118 valence electrons. The van der Waals surface area contributed by atoms with Gasteiger partial charge in [0.2, 0.25) is 10.0 Å². The van der Waals surface area contributed by atoms with Crippen LogP contribution >= 0.6 is 11.6 Å². The second-order valence-electron chi connectivity index (χ2n) is 5.73. The minimum absolute atomic E-state index is 0.0993. The summed E-state index contributed by atoms with van der Waals surface area (Å²) in [6, 6.07) is 1.51. The van der Waals surface area contributed by atoms with Crippen molar-refractivity contribution in [1.29, 1.82) is 0 Å². The highest BCUT2D eigenvalue weighted by Gasteiger charge is 2.30. The van der Waals surface area contributed by atoms with Crippen LogP contribution in [0.3, 0.4) is 0 Å². The number of sulfonamides is 1. The lowest BCUT2D eigenvalue weighted by molar-refractivity contribution is 0.180. The van der Waals surface area contributed by atoms with Crippen LogP contribution in [0, 0.1) is 5.92 Å². The Morgan fingerprint density at radius 3 is 2.52 bits per heavy atom. The largest absolute Gasteiger partial charge is 0.301 e. The van der Waals surface area contributed by atoms with Crippen molar-refractivity contribution in [3.8, 4) is 0 Å². The van der Waals surface area contributed by atoms with Gasteiger partial charge < -0.3 is 4.90 Å². The molecular weight excluding hydrogens is 310 g/mol. The molecule has 0 radical (unpaired) electrons. The lowest BCUT2D eigenvalue weighted by Gasteiger charge is -2.34. The molecule has 0 bridgehead atoms. The highest BCUT2D eigenvalue weighted by molar-refractivity contribution is 7.89. The Bertz CT molecular complexity index is 569. The zero-order valence-corrected chi connectivity index (χ0v) is 14.1. The van der Waals surface area contributed by atoms with Crippen LogP contribution in [0.2, 0.25) is 5.02 Å². The van der Waals surface area contributed by atoms with Crippen molar-refractivity contribution >= 4 is 21.6 Å². The van der Waals surface area contributed by atoms with Gasteiger partial charge in [0.25, 0.3) is 0 Å². The quantitative estimate of drug-likeness (QED) is 0.829. The summed E-state index contributed by atoms with van der Waals surface area (Å²) in [5.74, 6) is 0.668. The van der Waals surface area contributed by atoms with Crippen molar-refractivity contribution < 1.29 is 8.42 Å². The first-order chi connectivity index (χ1) is 9.91. The van der Waals surface area contributed by atoms with Gasteiger partial charge in [0.1, 0.15) is 4.90 Å². The normalized spacial score (nSPS) is 18.3. The maximum absolute atomic E-state index is 12.6. The summed E-state index contributed by atoms with van der Waals surface area (Å²) >= 11 is 5.98. The van der Waals surface area contributed by atoms with Crippen LogP contribution in [0.1, 0.15) is 20.3 Å². The van der Waals surface area contributed by atoms with Crippen LogP contribution in [0.15, 0.2) is 23.4 Å². The number of piperazine rings is 1. The topological polar surface area (TPSA) is 53.5 Å². The summed E-state index contributed by atoms with van der Waals surface area (Å²) < 4.78 is 26.6. The van der Waals surface area contributed by atoms with Crippen molar-refractivity contribution in [3.05, 3.63) is 23.5 Å². The van der Waals surface area contributed by atoms with E-state index >= 15 is 0 Å². The predicted octanol–water partition coefficient (Wildman–Crippen LogP) is 2.09. The molecule has 0 amide bonds. The Morgan fingerprint density at radius 1 is 1.29 bits per heavy atom. The Kier molecular flexibility index (Phi) is 5.60. The van der Waals surface area contributed by atoms with Crippen molar-refractivity contribution in [2.45, 2.75) is 25.2 Å². The Labute approximate surface area is 132 Å². The zero-order valence-electron chi connectivity index (χ0n) is 12.5. The van der Waals surface area contributed by atoms with Gasteiger partial charge in [-0.3, -0.25) is 4.98 Å². The lowest BCUT2D eigenvalue weighted by Crippen LogP contribution is -2.48. The molecule has 0 unspecified atom stereocenters. The van der Waals surface area contributed by atoms with Gasteiger partial charge in [-0.2, -0.15) is 4.31 Å². The monoisotopic (exact) mass is 331 g/mol. The van der Waals surface area contributed by atoms with E-state index in [4.69, 9.17) is 11.6 Å². The molecular formula is C14H22ClN3O2S. The maximum atomic E-state index is 12.6. The predicted molar refractivity (Wildman–Crippen MR) is 83.9 cm³/mol. The molecule has 1 aromatic heterocycles. The molecule has 2 rings (SSSR count). The van der Waals surface area contributed by atoms with E-state index < -0.39 is 10.0 Å². The molecule has 1 aromatic rings. The van der Waals surface area contributed by atoms with Gasteiger partial charge in [0.05, 0.1) is 5.02 Å². The van der Waals surface area contributed by atoms with Crippen LogP contribution in [0.25, 0.3) is 0 Å². The van der Waals surface area contributed by atoms with Gasteiger partial charge in [-0.05, 0) is 24.9 Å². The SMILES string of the molecule is CC(C)CCN1CCN(S(=O)(=O)c2cnccc2Cl)CC1. The molecule has 2 heterocycles. The van der Waals surface area contributed by atoms with E-state index in [-0.39, 0.29) is 9.92 Å². The Hall–Kier alpha value is -0.690. The second-order valence-corrected chi connectivity index (χ2v) is 8.05. The zero-order chi connectivity index (χ0) is 15.5. The van der Waals surface area contributed by atoms with Crippen LogP contribution < -0.4 is 0 Å². The molecule has 0 atom stereocenters. The number of hydrogen-bond donors (Lipinski definition) is 0. The van der Waals surface area contributed by atoms with Crippen molar-refractivity contribution in [1.82, 2.24) is 14.2 Å². The minimum atomic E-state index is -3.54. The molecule has 1 fully saturated rings. The molecule has 5 nitrogen and oxygen atoms in total. The highest BCUT2D eigenvalue weighted by Crippen LogP contribution is 2.24. The fourth-order valence-electron chi connectivity index (χ4n) is 2.33. The van der Waals surface area contributed by atoms with Crippen molar-refractivity contribution in [2.24, 2.45) is 5.92 Å². The van der Waals surface area contributed by atoms with Gasteiger partial charge in [0, 0.05) is 38.6 Å². The van der Waals surface area contributed by atoms with E-state index in [1.807, 2.05) is 0 Å². The molecule has 1 aliphatic heterocycles. The summed E-state index contributed by atoms with van der Waals surface area (Å²) in [4.78, 5) is 6.29. The van der Waals surface area contributed by atoms with Crippen LogP contribution in [0.5, 0.6) is 0 Å². The van der Waals surface area contributed by atoms with Crippen molar-refractivity contribution in [3.63, 3.8) is 0 Å². The van der Waals surface area contributed by atoms with E-state index in [9.17, 15) is 8.42 Å². The van der Waals surface area contributed by atoms with Gasteiger partial charge in [-0.25, -0.2) is 8.42 Å². The first-order valence-electron chi connectivity index (χ1n) is 7.23. The summed E-state index contributed by atoms with van der Waals surface area (Å²) in [7, 11) is -3.54. The number of pyridine rings is 1. The molecule has 0 saturated carbocycles. The van der Waals surface area contributed by atoms with Gasteiger partial charge in [0.15, 0.2) is 0 Å². The Morgan fingerprint density at radius 2 is 1.95 bits per heavy atom. The average molecular weight is 332 g/mol. The first kappa shape index (κ1) is 16.7. The third-order valence-corrected chi connectivity index (χ3v) is 6.07. The molecule has 0 aliphatic carbocycles. The number of rotatable bonds is 5.